The van der Waals surface area contributed by atoms with Gasteiger partial charge in [-0.25, -0.2) is 4.98 Å². The van der Waals surface area contributed by atoms with Crippen LogP contribution in [0.4, 0.5) is 11.4 Å². The second kappa shape index (κ2) is 5.40. The molecule has 1 aromatic heterocycles. The van der Waals surface area contributed by atoms with E-state index in [1.165, 1.54) is 11.3 Å². The molecule has 2 aromatic rings. The summed E-state index contributed by atoms with van der Waals surface area (Å²) in [5.74, 6) is -0.00429. The minimum atomic E-state index is -0.00429. The van der Waals surface area contributed by atoms with Crippen molar-refractivity contribution >= 4 is 28.6 Å². The molecule has 0 aliphatic carbocycles. The Bertz CT molecular complexity index is 589. The summed E-state index contributed by atoms with van der Waals surface area (Å²) in [6.45, 7) is 6.35. The number of carbonyl (C=O) groups is 1. The number of rotatable bonds is 3. The first-order valence-corrected chi connectivity index (χ1v) is 6.96. The molecule has 0 bridgehead atoms. The highest BCUT2D eigenvalue weighted by Crippen LogP contribution is 2.23. The average Bonchev–Trinajstić information content (AvgIpc) is 2.71. The van der Waals surface area contributed by atoms with Crippen LogP contribution in [0.3, 0.4) is 0 Å². The Morgan fingerprint density at radius 2 is 1.95 bits per heavy atom. The van der Waals surface area contributed by atoms with E-state index in [1.807, 2.05) is 32.9 Å². The Morgan fingerprint density at radius 3 is 2.42 bits per heavy atom. The second-order valence-corrected chi connectivity index (χ2v) is 5.49. The predicted octanol–water partition coefficient (Wildman–Crippen LogP) is 3.01. The smallest absolute Gasteiger partial charge is 0.270 e. The number of thiazole rings is 1. The third kappa shape index (κ3) is 2.76. The number of aryl methyl sites for hydroxylation is 2. The van der Waals surface area contributed by atoms with Crippen LogP contribution in [0.2, 0.25) is 0 Å². The SMILES string of the molecule is CCN(C(=O)c1sc(C)nc1C)c1ccc(N)cc1. The van der Waals surface area contributed by atoms with Gasteiger partial charge in [0.1, 0.15) is 4.88 Å². The zero-order valence-corrected chi connectivity index (χ0v) is 12.1. The third-order valence-electron chi connectivity index (χ3n) is 2.86. The summed E-state index contributed by atoms with van der Waals surface area (Å²) in [5.41, 5.74) is 8.01. The molecule has 4 nitrogen and oxygen atoms in total. The lowest BCUT2D eigenvalue weighted by Gasteiger charge is -2.20. The molecule has 5 heteroatoms. The largest absolute Gasteiger partial charge is 0.399 e. The molecular formula is C14H17N3OS. The maximum atomic E-state index is 12.6. The van der Waals surface area contributed by atoms with Crippen molar-refractivity contribution in [3.8, 4) is 0 Å². The van der Waals surface area contributed by atoms with Crippen molar-refractivity contribution in [2.24, 2.45) is 0 Å². The number of hydrogen-bond donors (Lipinski definition) is 1. The summed E-state index contributed by atoms with van der Waals surface area (Å²) >= 11 is 1.44. The van der Waals surface area contributed by atoms with Gasteiger partial charge in [-0.15, -0.1) is 11.3 Å². The zero-order chi connectivity index (χ0) is 14.0. The van der Waals surface area contributed by atoms with Crippen LogP contribution in [0.1, 0.15) is 27.3 Å². The van der Waals surface area contributed by atoms with Crippen molar-refractivity contribution in [1.82, 2.24) is 4.98 Å². The Morgan fingerprint density at radius 1 is 1.32 bits per heavy atom. The second-order valence-electron chi connectivity index (χ2n) is 4.29. The van der Waals surface area contributed by atoms with Gasteiger partial charge in [-0.05, 0) is 45.0 Å². The third-order valence-corrected chi connectivity index (χ3v) is 3.92. The number of amides is 1. The van der Waals surface area contributed by atoms with Gasteiger partial charge in [0.25, 0.3) is 5.91 Å². The lowest BCUT2D eigenvalue weighted by Crippen LogP contribution is -2.30. The van der Waals surface area contributed by atoms with Gasteiger partial charge in [0.2, 0.25) is 0 Å². The summed E-state index contributed by atoms with van der Waals surface area (Å²) in [6.07, 6.45) is 0. The van der Waals surface area contributed by atoms with E-state index < -0.39 is 0 Å². The molecule has 0 atom stereocenters. The fourth-order valence-electron chi connectivity index (χ4n) is 1.95. The number of nitrogen functional groups attached to an aromatic ring is 1. The maximum absolute atomic E-state index is 12.6. The summed E-state index contributed by atoms with van der Waals surface area (Å²) in [6, 6.07) is 7.33. The van der Waals surface area contributed by atoms with Crippen LogP contribution in [-0.4, -0.2) is 17.4 Å². The van der Waals surface area contributed by atoms with Gasteiger partial charge in [-0.3, -0.25) is 4.79 Å². The zero-order valence-electron chi connectivity index (χ0n) is 11.3. The average molecular weight is 275 g/mol. The Labute approximate surface area is 116 Å². The standard InChI is InChI=1S/C14H17N3OS/c1-4-17(12-7-5-11(15)6-8-12)14(18)13-9(2)16-10(3)19-13/h5-8H,4,15H2,1-3H3. The van der Waals surface area contributed by atoms with Crippen LogP contribution in [0.25, 0.3) is 0 Å². The summed E-state index contributed by atoms with van der Waals surface area (Å²) < 4.78 is 0. The first-order valence-electron chi connectivity index (χ1n) is 6.14. The van der Waals surface area contributed by atoms with Crippen LogP contribution >= 0.6 is 11.3 Å². The highest BCUT2D eigenvalue weighted by Gasteiger charge is 2.20. The van der Waals surface area contributed by atoms with Crippen LogP contribution in [0.15, 0.2) is 24.3 Å². The molecule has 0 aliphatic heterocycles. The number of nitrogens with two attached hydrogens (primary N) is 1. The fraction of sp³-hybridized carbons (Fsp3) is 0.286. The van der Waals surface area contributed by atoms with Gasteiger partial charge < -0.3 is 10.6 Å². The maximum Gasteiger partial charge on any atom is 0.270 e. The van der Waals surface area contributed by atoms with E-state index in [0.717, 1.165) is 16.4 Å². The van der Waals surface area contributed by atoms with E-state index in [-0.39, 0.29) is 5.91 Å². The van der Waals surface area contributed by atoms with E-state index in [9.17, 15) is 4.79 Å². The highest BCUT2D eigenvalue weighted by molar-refractivity contribution is 7.13. The number of hydrogen-bond acceptors (Lipinski definition) is 4. The summed E-state index contributed by atoms with van der Waals surface area (Å²) in [5, 5.41) is 0.911. The van der Waals surface area contributed by atoms with E-state index in [1.54, 1.807) is 17.0 Å². The molecule has 1 heterocycles. The van der Waals surface area contributed by atoms with E-state index in [0.29, 0.717) is 17.1 Å². The number of benzene rings is 1. The normalized spacial score (nSPS) is 10.5. The molecule has 0 spiro atoms. The van der Waals surface area contributed by atoms with E-state index in [2.05, 4.69) is 4.98 Å². The fourth-order valence-corrected chi connectivity index (χ4v) is 2.82. The van der Waals surface area contributed by atoms with Crippen molar-refractivity contribution in [2.75, 3.05) is 17.2 Å². The summed E-state index contributed by atoms with van der Waals surface area (Å²) in [4.78, 5) is 19.3. The molecule has 0 saturated carbocycles. The topological polar surface area (TPSA) is 59.2 Å². The van der Waals surface area contributed by atoms with Crippen LogP contribution in [-0.2, 0) is 0 Å². The molecule has 0 saturated heterocycles. The van der Waals surface area contributed by atoms with Gasteiger partial charge >= 0.3 is 0 Å². The molecule has 1 aromatic carbocycles. The molecule has 1 amide bonds. The minimum absolute atomic E-state index is 0.00429. The van der Waals surface area contributed by atoms with Gasteiger partial charge in [0.15, 0.2) is 0 Å². The van der Waals surface area contributed by atoms with Gasteiger partial charge in [-0.2, -0.15) is 0 Å². The predicted molar refractivity (Wildman–Crippen MR) is 79.8 cm³/mol. The molecule has 0 radical (unpaired) electrons. The molecular weight excluding hydrogens is 258 g/mol. The van der Waals surface area contributed by atoms with Gasteiger partial charge in [-0.1, -0.05) is 0 Å². The van der Waals surface area contributed by atoms with Crippen molar-refractivity contribution in [3.05, 3.63) is 39.8 Å². The van der Waals surface area contributed by atoms with Crippen LogP contribution < -0.4 is 10.6 Å². The molecule has 0 fully saturated rings. The van der Waals surface area contributed by atoms with Gasteiger partial charge in [0.05, 0.1) is 10.7 Å². The number of carbonyl (C=O) groups excluding carboxylic acids is 1. The lowest BCUT2D eigenvalue weighted by molar-refractivity contribution is 0.0991. The quantitative estimate of drug-likeness (QED) is 0.876. The number of aromatic nitrogens is 1. The van der Waals surface area contributed by atoms with Crippen molar-refractivity contribution in [1.29, 1.82) is 0 Å². The molecule has 0 aliphatic rings. The van der Waals surface area contributed by atoms with Crippen LogP contribution in [0, 0.1) is 13.8 Å². The van der Waals surface area contributed by atoms with Crippen molar-refractivity contribution in [2.45, 2.75) is 20.8 Å². The molecule has 100 valence electrons. The number of anilines is 2. The first kappa shape index (κ1) is 13.5. The van der Waals surface area contributed by atoms with Crippen LogP contribution in [0.5, 0.6) is 0 Å². The Kier molecular flexibility index (Phi) is 3.85. The molecule has 0 unspecified atom stereocenters. The minimum Gasteiger partial charge on any atom is -0.399 e. The molecule has 2 rings (SSSR count). The van der Waals surface area contributed by atoms with Crippen molar-refractivity contribution in [3.63, 3.8) is 0 Å². The Balaban J connectivity index is 2.34. The summed E-state index contributed by atoms with van der Waals surface area (Å²) in [7, 11) is 0. The number of nitrogens with zero attached hydrogens (tertiary/aromatic N) is 2. The molecule has 19 heavy (non-hydrogen) atoms. The first-order chi connectivity index (χ1) is 9.02. The molecule has 2 N–H and O–H groups in total. The monoisotopic (exact) mass is 275 g/mol. The highest BCUT2D eigenvalue weighted by atomic mass is 32.1. The van der Waals surface area contributed by atoms with Gasteiger partial charge in [0, 0.05) is 17.9 Å². The van der Waals surface area contributed by atoms with E-state index >= 15 is 0 Å². The van der Waals surface area contributed by atoms with E-state index in [4.69, 9.17) is 5.73 Å². The Hall–Kier alpha value is -1.88. The van der Waals surface area contributed by atoms with Crippen molar-refractivity contribution < 1.29 is 4.79 Å². The lowest BCUT2D eigenvalue weighted by atomic mass is 10.2.